The highest BCUT2D eigenvalue weighted by molar-refractivity contribution is 6.31. The van der Waals surface area contributed by atoms with E-state index < -0.39 is 4.92 Å². The Hall–Kier alpha value is -3.13. The van der Waals surface area contributed by atoms with Gasteiger partial charge in [-0.15, -0.1) is 0 Å². The van der Waals surface area contributed by atoms with Crippen LogP contribution < -0.4 is 5.32 Å². The second-order valence-electron chi connectivity index (χ2n) is 6.48. The molecule has 0 aliphatic carbocycles. The normalized spacial score (nSPS) is 13.9. The summed E-state index contributed by atoms with van der Waals surface area (Å²) in [5.41, 5.74) is 1.67. The standard InChI is InChI=1S/C19H19ClN4O4/c1-13-5-6-15(12-17(13)20)21-19(26)23-9-7-22(8-10-23)18(25)14-3-2-4-16(11-14)24(27)28/h2-6,11-12H,7-10H2,1H3,(H,21,26). The molecule has 0 bridgehead atoms. The minimum absolute atomic E-state index is 0.124. The Bertz CT molecular complexity index is 926. The molecule has 0 atom stereocenters. The lowest BCUT2D eigenvalue weighted by Gasteiger charge is -2.34. The Morgan fingerprint density at radius 2 is 1.75 bits per heavy atom. The predicted molar refractivity (Wildman–Crippen MR) is 106 cm³/mol. The molecular weight excluding hydrogens is 384 g/mol. The number of nitro groups is 1. The molecule has 146 valence electrons. The number of halogens is 1. The number of rotatable bonds is 3. The third kappa shape index (κ3) is 4.40. The van der Waals surface area contributed by atoms with Crippen molar-refractivity contribution in [3.05, 3.63) is 68.7 Å². The third-order valence-electron chi connectivity index (χ3n) is 4.58. The number of carbonyl (C=O) groups excluding carboxylic acids is 2. The summed E-state index contributed by atoms with van der Waals surface area (Å²) in [7, 11) is 0. The first-order valence-corrected chi connectivity index (χ1v) is 9.09. The summed E-state index contributed by atoms with van der Waals surface area (Å²) in [5.74, 6) is -0.283. The summed E-state index contributed by atoms with van der Waals surface area (Å²) < 4.78 is 0. The van der Waals surface area contributed by atoms with Crippen molar-refractivity contribution in [2.24, 2.45) is 0 Å². The Morgan fingerprint density at radius 3 is 2.39 bits per heavy atom. The molecule has 0 unspecified atom stereocenters. The molecule has 0 aromatic heterocycles. The zero-order valence-electron chi connectivity index (χ0n) is 15.2. The number of benzene rings is 2. The summed E-state index contributed by atoms with van der Waals surface area (Å²) in [6, 6.07) is 10.7. The van der Waals surface area contributed by atoms with Crippen molar-refractivity contribution in [2.45, 2.75) is 6.92 Å². The summed E-state index contributed by atoms with van der Waals surface area (Å²) in [4.78, 5) is 38.6. The van der Waals surface area contributed by atoms with E-state index in [0.29, 0.717) is 36.9 Å². The Kier molecular flexibility index (Phi) is 5.79. The van der Waals surface area contributed by atoms with Gasteiger partial charge in [-0.25, -0.2) is 4.79 Å². The van der Waals surface area contributed by atoms with Crippen LogP contribution in [0, 0.1) is 17.0 Å². The van der Waals surface area contributed by atoms with Gasteiger partial charge in [0.2, 0.25) is 0 Å². The second kappa shape index (κ2) is 8.26. The highest BCUT2D eigenvalue weighted by atomic mass is 35.5. The number of amides is 3. The average Bonchev–Trinajstić information content (AvgIpc) is 2.70. The lowest BCUT2D eigenvalue weighted by Crippen LogP contribution is -2.51. The van der Waals surface area contributed by atoms with E-state index in [1.54, 1.807) is 28.0 Å². The number of nitrogens with one attached hydrogen (secondary N) is 1. The number of aryl methyl sites for hydroxylation is 1. The van der Waals surface area contributed by atoms with Crippen LogP contribution >= 0.6 is 11.6 Å². The van der Waals surface area contributed by atoms with Gasteiger partial charge in [0.05, 0.1) is 4.92 Å². The van der Waals surface area contributed by atoms with Crippen molar-refractivity contribution in [2.75, 3.05) is 31.5 Å². The second-order valence-corrected chi connectivity index (χ2v) is 6.89. The summed E-state index contributed by atoms with van der Waals surface area (Å²) >= 11 is 6.07. The van der Waals surface area contributed by atoms with Crippen molar-refractivity contribution in [3.63, 3.8) is 0 Å². The van der Waals surface area contributed by atoms with Gasteiger partial charge in [-0.1, -0.05) is 23.7 Å². The summed E-state index contributed by atoms with van der Waals surface area (Å²) in [6.45, 7) is 3.32. The predicted octanol–water partition coefficient (Wildman–Crippen LogP) is 3.55. The number of nitro benzene ring substituents is 1. The lowest BCUT2D eigenvalue weighted by molar-refractivity contribution is -0.384. The maximum absolute atomic E-state index is 12.6. The topological polar surface area (TPSA) is 95.8 Å². The molecule has 9 heteroatoms. The number of carbonyl (C=O) groups is 2. The first kappa shape index (κ1) is 19.6. The maximum atomic E-state index is 12.6. The smallest absolute Gasteiger partial charge is 0.321 e. The number of hydrogen-bond donors (Lipinski definition) is 1. The van der Waals surface area contributed by atoms with E-state index in [1.165, 1.54) is 18.2 Å². The molecule has 1 heterocycles. The minimum atomic E-state index is -0.531. The van der Waals surface area contributed by atoms with Crippen LogP contribution in [0.15, 0.2) is 42.5 Å². The van der Waals surface area contributed by atoms with Crippen molar-refractivity contribution < 1.29 is 14.5 Å². The SMILES string of the molecule is Cc1ccc(NC(=O)N2CCN(C(=O)c3cccc([N+](=O)[O-])c3)CC2)cc1Cl. The van der Waals surface area contributed by atoms with Crippen molar-refractivity contribution in [1.82, 2.24) is 9.80 Å². The van der Waals surface area contributed by atoms with Gasteiger partial charge in [-0.05, 0) is 30.7 Å². The van der Waals surface area contributed by atoms with Crippen LogP contribution in [0.2, 0.25) is 5.02 Å². The molecule has 1 aliphatic heterocycles. The largest absolute Gasteiger partial charge is 0.335 e. The van der Waals surface area contributed by atoms with E-state index in [9.17, 15) is 19.7 Å². The van der Waals surface area contributed by atoms with E-state index in [1.807, 2.05) is 13.0 Å². The van der Waals surface area contributed by atoms with E-state index in [-0.39, 0.29) is 23.2 Å². The number of nitrogens with zero attached hydrogens (tertiary/aromatic N) is 3. The van der Waals surface area contributed by atoms with Crippen molar-refractivity contribution in [3.8, 4) is 0 Å². The fourth-order valence-corrected chi connectivity index (χ4v) is 3.10. The average molecular weight is 403 g/mol. The zero-order chi connectivity index (χ0) is 20.3. The van der Waals surface area contributed by atoms with E-state index >= 15 is 0 Å². The monoisotopic (exact) mass is 402 g/mol. The van der Waals surface area contributed by atoms with Gasteiger partial charge in [-0.2, -0.15) is 0 Å². The van der Waals surface area contributed by atoms with Gasteiger partial charge in [0.1, 0.15) is 0 Å². The summed E-state index contributed by atoms with van der Waals surface area (Å²) in [6.07, 6.45) is 0. The minimum Gasteiger partial charge on any atom is -0.335 e. The van der Waals surface area contributed by atoms with Crippen LogP contribution in [0.3, 0.4) is 0 Å². The van der Waals surface area contributed by atoms with Gasteiger partial charge in [-0.3, -0.25) is 14.9 Å². The first-order chi connectivity index (χ1) is 13.3. The summed E-state index contributed by atoms with van der Waals surface area (Å²) in [5, 5.41) is 14.3. The molecule has 3 rings (SSSR count). The van der Waals surface area contributed by atoms with Gasteiger partial charge in [0.25, 0.3) is 11.6 Å². The molecule has 1 fully saturated rings. The molecule has 0 saturated carbocycles. The fraction of sp³-hybridized carbons (Fsp3) is 0.263. The molecule has 1 N–H and O–H groups in total. The van der Waals surface area contributed by atoms with Gasteiger partial charge >= 0.3 is 6.03 Å². The van der Waals surface area contributed by atoms with Crippen LogP contribution in [0.4, 0.5) is 16.2 Å². The van der Waals surface area contributed by atoms with Crippen LogP contribution in [-0.2, 0) is 0 Å². The van der Waals surface area contributed by atoms with Crippen LogP contribution in [0.5, 0.6) is 0 Å². The van der Waals surface area contributed by atoms with Crippen molar-refractivity contribution >= 4 is 34.9 Å². The maximum Gasteiger partial charge on any atom is 0.321 e. The number of urea groups is 1. The Morgan fingerprint density at radius 1 is 1.07 bits per heavy atom. The van der Waals surface area contributed by atoms with Gasteiger partial charge in [0.15, 0.2) is 0 Å². The third-order valence-corrected chi connectivity index (χ3v) is 4.99. The fourth-order valence-electron chi connectivity index (χ4n) is 2.92. The molecule has 1 aliphatic rings. The molecule has 0 radical (unpaired) electrons. The quantitative estimate of drug-likeness (QED) is 0.627. The highest BCUT2D eigenvalue weighted by Gasteiger charge is 2.25. The zero-order valence-corrected chi connectivity index (χ0v) is 16.0. The Balaban J connectivity index is 1.58. The highest BCUT2D eigenvalue weighted by Crippen LogP contribution is 2.21. The molecule has 28 heavy (non-hydrogen) atoms. The molecule has 0 spiro atoms. The van der Waals surface area contributed by atoms with E-state index in [4.69, 9.17) is 11.6 Å². The molecule has 2 aromatic carbocycles. The van der Waals surface area contributed by atoms with Crippen molar-refractivity contribution in [1.29, 1.82) is 0 Å². The van der Waals surface area contributed by atoms with Crippen LogP contribution in [-0.4, -0.2) is 52.8 Å². The molecular formula is C19H19ClN4O4. The van der Waals surface area contributed by atoms with Crippen LogP contribution in [0.1, 0.15) is 15.9 Å². The number of hydrogen-bond acceptors (Lipinski definition) is 4. The molecule has 2 aromatic rings. The van der Waals surface area contributed by atoms with Crippen LogP contribution in [0.25, 0.3) is 0 Å². The van der Waals surface area contributed by atoms with E-state index in [2.05, 4.69) is 5.32 Å². The molecule has 3 amide bonds. The van der Waals surface area contributed by atoms with Gasteiger partial charge in [0, 0.05) is 54.6 Å². The number of anilines is 1. The first-order valence-electron chi connectivity index (χ1n) is 8.71. The number of piperazine rings is 1. The molecule has 1 saturated heterocycles. The number of non-ortho nitro benzene ring substituents is 1. The molecule has 8 nitrogen and oxygen atoms in total. The van der Waals surface area contributed by atoms with E-state index in [0.717, 1.165) is 5.56 Å². The lowest BCUT2D eigenvalue weighted by atomic mass is 10.1. The van der Waals surface area contributed by atoms with Gasteiger partial charge < -0.3 is 15.1 Å². The Labute approximate surface area is 166 Å².